The zero-order valence-corrected chi connectivity index (χ0v) is 11.4. The Morgan fingerprint density at radius 2 is 2.11 bits per heavy atom. The first-order valence-electron chi connectivity index (χ1n) is 6.76. The molecule has 1 saturated carbocycles. The van der Waals surface area contributed by atoms with Crippen LogP contribution in [0.25, 0.3) is 0 Å². The van der Waals surface area contributed by atoms with Gasteiger partial charge in [-0.2, -0.15) is 0 Å². The van der Waals surface area contributed by atoms with Gasteiger partial charge in [-0.25, -0.2) is 0 Å². The molecular weight excluding hydrogens is 240 g/mol. The third-order valence-electron chi connectivity index (χ3n) is 3.77. The summed E-state index contributed by atoms with van der Waals surface area (Å²) in [4.78, 5) is 12.0. The Labute approximate surface area is 114 Å². The molecule has 0 heterocycles. The molecule has 19 heavy (non-hydrogen) atoms. The molecule has 2 rings (SSSR count). The Balaban J connectivity index is 1.97. The first-order chi connectivity index (χ1) is 9.15. The van der Waals surface area contributed by atoms with Gasteiger partial charge in [0, 0.05) is 12.6 Å². The highest BCUT2D eigenvalue weighted by molar-refractivity contribution is 5.82. The van der Waals surface area contributed by atoms with Gasteiger partial charge in [-0.05, 0) is 31.2 Å². The summed E-state index contributed by atoms with van der Waals surface area (Å²) in [7, 11) is 1.55. The maximum atomic E-state index is 12.0. The number of carbonyl (C=O) groups excluding carboxylic acids is 1. The van der Waals surface area contributed by atoms with E-state index in [2.05, 4.69) is 17.4 Å². The fourth-order valence-electron chi connectivity index (χ4n) is 2.55. The van der Waals surface area contributed by atoms with E-state index in [1.54, 1.807) is 7.11 Å². The molecule has 3 N–H and O–H groups in total. The van der Waals surface area contributed by atoms with E-state index >= 15 is 0 Å². The average Bonchev–Trinajstić information content (AvgIpc) is 2.37. The molecule has 0 aliphatic heterocycles. The lowest BCUT2D eigenvalue weighted by Gasteiger charge is -2.43. The number of hydrogen-bond acceptors (Lipinski definition) is 3. The van der Waals surface area contributed by atoms with Crippen LogP contribution in [0, 0.1) is 0 Å². The van der Waals surface area contributed by atoms with E-state index in [0.29, 0.717) is 0 Å². The van der Waals surface area contributed by atoms with Gasteiger partial charge < -0.3 is 15.8 Å². The molecule has 0 spiro atoms. The predicted octanol–water partition coefficient (Wildman–Crippen LogP) is 1.24. The number of rotatable bonds is 6. The van der Waals surface area contributed by atoms with E-state index < -0.39 is 6.04 Å². The molecule has 0 bridgehead atoms. The number of benzene rings is 1. The van der Waals surface area contributed by atoms with Gasteiger partial charge in [0.15, 0.2) is 0 Å². The highest BCUT2D eigenvalue weighted by atomic mass is 16.5. The molecule has 1 atom stereocenters. The Morgan fingerprint density at radius 3 is 2.63 bits per heavy atom. The van der Waals surface area contributed by atoms with Gasteiger partial charge in [0.05, 0.1) is 6.61 Å². The smallest absolute Gasteiger partial charge is 0.239 e. The molecular formula is C15H22N2O2. The monoisotopic (exact) mass is 262 g/mol. The number of amides is 1. The molecule has 1 aromatic rings. The largest absolute Gasteiger partial charge is 0.383 e. The molecule has 4 heteroatoms. The van der Waals surface area contributed by atoms with Gasteiger partial charge >= 0.3 is 0 Å². The zero-order valence-electron chi connectivity index (χ0n) is 11.4. The van der Waals surface area contributed by atoms with Crippen LogP contribution in [-0.2, 0) is 16.0 Å². The number of carbonyl (C=O) groups is 1. The van der Waals surface area contributed by atoms with Crippen LogP contribution in [0.4, 0.5) is 0 Å². The summed E-state index contributed by atoms with van der Waals surface area (Å²) in [5, 5.41) is 3.12. The van der Waals surface area contributed by atoms with Crippen molar-refractivity contribution in [3.63, 3.8) is 0 Å². The number of nitrogens with one attached hydrogen (secondary N) is 1. The predicted molar refractivity (Wildman–Crippen MR) is 74.7 cm³/mol. The normalized spacial score (nSPS) is 18.4. The van der Waals surface area contributed by atoms with Gasteiger partial charge in [0.2, 0.25) is 5.91 Å². The van der Waals surface area contributed by atoms with E-state index in [4.69, 9.17) is 10.5 Å². The zero-order chi connectivity index (χ0) is 13.7. The van der Waals surface area contributed by atoms with Crippen molar-refractivity contribution in [3.8, 4) is 0 Å². The van der Waals surface area contributed by atoms with E-state index in [1.807, 2.05) is 18.2 Å². The van der Waals surface area contributed by atoms with Crippen molar-refractivity contribution in [2.75, 3.05) is 13.7 Å². The minimum Gasteiger partial charge on any atom is -0.383 e. The van der Waals surface area contributed by atoms with Crippen molar-refractivity contribution in [1.29, 1.82) is 0 Å². The first kappa shape index (κ1) is 14.0. The summed E-state index contributed by atoms with van der Waals surface area (Å²) in [6.45, 7) is 0.257. The number of methoxy groups -OCH3 is 1. The standard InChI is InChI=1S/C15H22N2O2/c1-19-11-13(16)14(18)17-15(8-5-9-15)10-12-6-3-2-4-7-12/h2-4,6-7,13H,5,8-11,16H2,1H3,(H,17,18). The SMILES string of the molecule is COCC(N)C(=O)NC1(Cc2ccccc2)CCC1. The van der Waals surface area contributed by atoms with Crippen LogP contribution >= 0.6 is 0 Å². The minimum atomic E-state index is -0.585. The Hall–Kier alpha value is -1.39. The summed E-state index contributed by atoms with van der Waals surface area (Å²) in [5.74, 6) is -0.113. The highest BCUT2D eigenvalue weighted by Gasteiger charge is 2.39. The van der Waals surface area contributed by atoms with E-state index in [-0.39, 0.29) is 18.1 Å². The fourth-order valence-corrected chi connectivity index (χ4v) is 2.55. The fraction of sp³-hybridized carbons (Fsp3) is 0.533. The van der Waals surface area contributed by atoms with E-state index in [0.717, 1.165) is 25.7 Å². The van der Waals surface area contributed by atoms with Crippen molar-refractivity contribution in [2.45, 2.75) is 37.3 Å². The number of nitrogens with two attached hydrogens (primary N) is 1. The van der Waals surface area contributed by atoms with Gasteiger partial charge in [-0.3, -0.25) is 4.79 Å². The Morgan fingerprint density at radius 1 is 1.42 bits per heavy atom. The molecule has 0 aromatic heterocycles. The third-order valence-corrected chi connectivity index (χ3v) is 3.77. The van der Waals surface area contributed by atoms with Crippen LogP contribution in [0.3, 0.4) is 0 Å². The quantitative estimate of drug-likeness (QED) is 0.810. The third kappa shape index (κ3) is 3.55. The second kappa shape index (κ2) is 6.17. The van der Waals surface area contributed by atoms with Crippen LogP contribution in [0.1, 0.15) is 24.8 Å². The molecule has 1 unspecified atom stereocenters. The summed E-state index contributed by atoms with van der Waals surface area (Å²) < 4.78 is 4.92. The van der Waals surface area contributed by atoms with Gasteiger partial charge in [-0.15, -0.1) is 0 Å². The summed E-state index contributed by atoms with van der Waals surface area (Å²) in [6.07, 6.45) is 4.08. The lowest BCUT2D eigenvalue weighted by molar-refractivity contribution is -0.126. The minimum absolute atomic E-state index is 0.107. The Kier molecular flexibility index (Phi) is 4.56. The topological polar surface area (TPSA) is 64.3 Å². The van der Waals surface area contributed by atoms with Crippen molar-refractivity contribution < 1.29 is 9.53 Å². The second-order valence-electron chi connectivity index (χ2n) is 5.35. The van der Waals surface area contributed by atoms with Crippen LogP contribution in [-0.4, -0.2) is 31.2 Å². The molecule has 1 aromatic carbocycles. The van der Waals surface area contributed by atoms with Crippen molar-refractivity contribution >= 4 is 5.91 Å². The van der Waals surface area contributed by atoms with Gasteiger partial charge in [0.1, 0.15) is 6.04 Å². The van der Waals surface area contributed by atoms with Crippen molar-refractivity contribution in [3.05, 3.63) is 35.9 Å². The van der Waals surface area contributed by atoms with Crippen molar-refractivity contribution in [1.82, 2.24) is 5.32 Å². The van der Waals surface area contributed by atoms with E-state index in [9.17, 15) is 4.79 Å². The first-order valence-corrected chi connectivity index (χ1v) is 6.76. The molecule has 104 valence electrons. The molecule has 1 aliphatic carbocycles. The van der Waals surface area contributed by atoms with E-state index in [1.165, 1.54) is 5.56 Å². The maximum Gasteiger partial charge on any atom is 0.239 e. The molecule has 1 fully saturated rings. The molecule has 1 aliphatic rings. The average molecular weight is 262 g/mol. The van der Waals surface area contributed by atoms with Crippen LogP contribution < -0.4 is 11.1 Å². The molecule has 0 saturated heterocycles. The molecule has 0 radical (unpaired) electrons. The lowest BCUT2D eigenvalue weighted by Crippen LogP contribution is -2.59. The molecule has 1 amide bonds. The second-order valence-corrected chi connectivity index (χ2v) is 5.35. The summed E-state index contributed by atoms with van der Waals surface area (Å²) in [5.41, 5.74) is 6.92. The summed E-state index contributed by atoms with van der Waals surface area (Å²) in [6, 6.07) is 9.67. The van der Waals surface area contributed by atoms with Crippen LogP contribution in [0.2, 0.25) is 0 Å². The summed E-state index contributed by atoms with van der Waals surface area (Å²) >= 11 is 0. The van der Waals surface area contributed by atoms with Crippen LogP contribution in [0.5, 0.6) is 0 Å². The van der Waals surface area contributed by atoms with Crippen molar-refractivity contribution in [2.24, 2.45) is 5.73 Å². The maximum absolute atomic E-state index is 12.0. The molecule has 4 nitrogen and oxygen atoms in total. The number of ether oxygens (including phenoxy) is 1. The highest BCUT2D eigenvalue weighted by Crippen LogP contribution is 2.35. The number of hydrogen-bond donors (Lipinski definition) is 2. The van der Waals surface area contributed by atoms with Crippen LogP contribution in [0.15, 0.2) is 30.3 Å². The van der Waals surface area contributed by atoms with Gasteiger partial charge in [-0.1, -0.05) is 30.3 Å². The lowest BCUT2D eigenvalue weighted by atomic mass is 9.72. The Bertz CT molecular complexity index is 415. The van der Waals surface area contributed by atoms with Gasteiger partial charge in [0.25, 0.3) is 0 Å².